The Morgan fingerprint density at radius 2 is 1.66 bits per heavy atom. The van der Waals surface area contributed by atoms with Gasteiger partial charge >= 0.3 is 0 Å². The molecule has 152 valence electrons. The first-order valence-corrected chi connectivity index (χ1v) is 10.6. The minimum absolute atomic E-state index is 0.184. The van der Waals surface area contributed by atoms with Crippen LogP contribution in [0.2, 0.25) is 0 Å². The average molecular weight is 391 g/mol. The van der Waals surface area contributed by atoms with Gasteiger partial charge in [0.15, 0.2) is 0 Å². The Kier molecular flexibility index (Phi) is 6.07. The highest BCUT2D eigenvalue weighted by Gasteiger charge is 2.25. The molecular weight excluding hydrogens is 360 g/mol. The van der Waals surface area contributed by atoms with Crippen molar-refractivity contribution < 1.29 is 4.74 Å². The number of para-hydroxylation sites is 3. The van der Waals surface area contributed by atoms with Crippen molar-refractivity contribution in [3.8, 4) is 17.0 Å². The molecule has 0 aliphatic carbocycles. The van der Waals surface area contributed by atoms with Crippen LogP contribution in [0.1, 0.15) is 32.0 Å². The maximum absolute atomic E-state index is 5.93. The van der Waals surface area contributed by atoms with Crippen LogP contribution in [0.5, 0.6) is 5.75 Å². The number of hydrogen-bond donors (Lipinski definition) is 0. The number of ether oxygens (including phenoxy) is 1. The summed E-state index contributed by atoms with van der Waals surface area (Å²) < 4.78 is 5.93. The van der Waals surface area contributed by atoms with E-state index in [0.717, 1.165) is 59.9 Å². The normalized spacial score (nSPS) is 17.2. The summed E-state index contributed by atoms with van der Waals surface area (Å²) in [5, 5.41) is 0. The Bertz CT molecular complexity index is 974. The monoisotopic (exact) mass is 390 g/mol. The molecule has 0 saturated carbocycles. The smallest absolute Gasteiger partial charge is 0.128 e. The van der Waals surface area contributed by atoms with Crippen molar-refractivity contribution in [1.29, 1.82) is 0 Å². The molecule has 1 atom stereocenters. The van der Waals surface area contributed by atoms with E-state index in [4.69, 9.17) is 14.7 Å². The average Bonchev–Trinajstić information content (AvgIpc) is 2.97. The van der Waals surface area contributed by atoms with Crippen LogP contribution in [0.15, 0.2) is 48.5 Å². The predicted octanol–water partition coefficient (Wildman–Crippen LogP) is 4.39. The summed E-state index contributed by atoms with van der Waals surface area (Å²) in [6, 6.07) is 16.5. The zero-order valence-corrected chi connectivity index (χ0v) is 17.6. The highest BCUT2D eigenvalue weighted by molar-refractivity contribution is 5.80. The van der Waals surface area contributed by atoms with E-state index < -0.39 is 0 Å². The largest absolute Gasteiger partial charge is 0.493 e. The van der Waals surface area contributed by atoms with E-state index in [-0.39, 0.29) is 6.04 Å². The molecular formula is C24H30N4O. The highest BCUT2D eigenvalue weighted by atomic mass is 16.5. The lowest BCUT2D eigenvalue weighted by Gasteiger charge is -2.28. The summed E-state index contributed by atoms with van der Waals surface area (Å²) >= 11 is 0. The molecule has 5 heteroatoms. The first-order chi connectivity index (χ1) is 14.2. The molecule has 3 aromatic rings. The molecule has 0 amide bonds. The highest BCUT2D eigenvalue weighted by Crippen LogP contribution is 2.35. The van der Waals surface area contributed by atoms with E-state index in [9.17, 15) is 0 Å². The molecule has 1 unspecified atom stereocenters. The zero-order valence-electron chi connectivity index (χ0n) is 17.6. The molecule has 0 bridgehead atoms. The van der Waals surface area contributed by atoms with E-state index in [1.165, 1.54) is 6.42 Å². The van der Waals surface area contributed by atoms with Gasteiger partial charge in [-0.15, -0.1) is 0 Å². The molecule has 29 heavy (non-hydrogen) atoms. The molecule has 5 nitrogen and oxygen atoms in total. The Balaban J connectivity index is 1.83. The molecule has 0 radical (unpaired) electrons. The predicted molar refractivity (Wildman–Crippen MR) is 118 cm³/mol. The van der Waals surface area contributed by atoms with Crippen LogP contribution in [-0.2, 0) is 0 Å². The van der Waals surface area contributed by atoms with Gasteiger partial charge in [0, 0.05) is 25.2 Å². The van der Waals surface area contributed by atoms with Crippen LogP contribution in [0.25, 0.3) is 22.3 Å². The first-order valence-electron chi connectivity index (χ1n) is 10.6. The molecule has 1 aromatic heterocycles. The fourth-order valence-electron chi connectivity index (χ4n) is 4.07. The van der Waals surface area contributed by atoms with E-state index in [0.29, 0.717) is 6.61 Å². The molecule has 1 fully saturated rings. The third kappa shape index (κ3) is 4.26. The second-order valence-corrected chi connectivity index (χ2v) is 7.74. The number of aromatic nitrogens is 2. The van der Waals surface area contributed by atoms with Crippen molar-refractivity contribution in [1.82, 2.24) is 19.8 Å². The number of fused-ring (bicyclic) bond motifs is 1. The van der Waals surface area contributed by atoms with Crippen molar-refractivity contribution in [2.75, 3.05) is 39.8 Å². The van der Waals surface area contributed by atoms with Gasteiger partial charge in [-0.2, -0.15) is 0 Å². The van der Waals surface area contributed by atoms with Crippen molar-refractivity contribution in [3.63, 3.8) is 0 Å². The van der Waals surface area contributed by atoms with Gasteiger partial charge in [-0.1, -0.05) is 24.3 Å². The lowest BCUT2D eigenvalue weighted by molar-refractivity contribution is 0.214. The van der Waals surface area contributed by atoms with Crippen LogP contribution in [0.4, 0.5) is 0 Å². The summed E-state index contributed by atoms with van der Waals surface area (Å²) in [5.41, 5.74) is 4.83. The SMILES string of the molecule is CCOc1ccccc1-c1nc2ccccc2nc1C(C)N1CCCN(C)CC1. The van der Waals surface area contributed by atoms with Gasteiger partial charge < -0.3 is 9.64 Å². The molecule has 1 aliphatic heterocycles. The Morgan fingerprint density at radius 1 is 0.931 bits per heavy atom. The quantitative estimate of drug-likeness (QED) is 0.646. The Morgan fingerprint density at radius 3 is 2.45 bits per heavy atom. The summed E-state index contributed by atoms with van der Waals surface area (Å²) in [7, 11) is 2.20. The first kappa shape index (κ1) is 19.8. The summed E-state index contributed by atoms with van der Waals surface area (Å²) in [6.07, 6.45) is 1.17. The van der Waals surface area contributed by atoms with Gasteiger partial charge in [-0.3, -0.25) is 4.90 Å². The van der Waals surface area contributed by atoms with Crippen molar-refractivity contribution >= 4 is 11.0 Å². The summed E-state index contributed by atoms with van der Waals surface area (Å²) in [4.78, 5) is 15.1. The molecule has 0 spiro atoms. The molecule has 2 aromatic carbocycles. The van der Waals surface area contributed by atoms with Gasteiger partial charge in [-0.05, 0) is 58.1 Å². The molecule has 1 saturated heterocycles. The van der Waals surface area contributed by atoms with Crippen molar-refractivity contribution in [2.45, 2.75) is 26.3 Å². The third-order valence-corrected chi connectivity index (χ3v) is 5.74. The summed E-state index contributed by atoms with van der Waals surface area (Å²) in [6.45, 7) is 9.24. The summed E-state index contributed by atoms with van der Waals surface area (Å²) in [5.74, 6) is 0.864. The van der Waals surface area contributed by atoms with E-state index in [2.05, 4.69) is 29.8 Å². The number of likely N-dealkylation sites (N-methyl/N-ethyl adjacent to an activating group) is 1. The molecule has 2 heterocycles. The van der Waals surface area contributed by atoms with Crippen LogP contribution >= 0.6 is 0 Å². The number of nitrogens with zero attached hydrogens (tertiary/aromatic N) is 4. The fourth-order valence-corrected chi connectivity index (χ4v) is 4.07. The van der Waals surface area contributed by atoms with E-state index in [1.54, 1.807) is 0 Å². The van der Waals surface area contributed by atoms with Gasteiger partial charge in [0.05, 0.1) is 35.1 Å². The lowest BCUT2D eigenvalue weighted by atomic mass is 10.0. The van der Waals surface area contributed by atoms with Crippen LogP contribution in [0.3, 0.4) is 0 Å². The zero-order chi connectivity index (χ0) is 20.2. The van der Waals surface area contributed by atoms with Crippen molar-refractivity contribution in [2.24, 2.45) is 0 Å². The second kappa shape index (κ2) is 8.89. The molecule has 4 rings (SSSR count). The lowest BCUT2D eigenvalue weighted by Crippen LogP contribution is -2.32. The maximum Gasteiger partial charge on any atom is 0.128 e. The standard InChI is InChI=1S/C24H30N4O/c1-4-29-22-13-8-5-10-19(22)24-23(25-20-11-6-7-12-21(20)26-24)18(2)28-15-9-14-27(3)16-17-28/h5-8,10-13,18H,4,9,14-17H2,1-3H3. The van der Waals surface area contributed by atoms with Crippen molar-refractivity contribution in [3.05, 3.63) is 54.2 Å². The maximum atomic E-state index is 5.93. The second-order valence-electron chi connectivity index (χ2n) is 7.74. The number of benzene rings is 2. The molecule has 1 aliphatic rings. The Hall–Kier alpha value is -2.50. The topological polar surface area (TPSA) is 41.5 Å². The number of rotatable bonds is 5. The van der Waals surface area contributed by atoms with E-state index in [1.807, 2.05) is 49.4 Å². The minimum atomic E-state index is 0.184. The van der Waals surface area contributed by atoms with Crippen LogP contribution < -0.4 is 4.74 Å². The Labute approximate surface area is 173 Å². The van der Waals surface area contributed by atoms with Crippen LogP contribution in [0, 0.1) is 0 Å². The number of hydrogen-bond acceptors (Lipinski definition) is 5. The van der Waals surface area contributed by atoms with E-state index >= 15 is 0 Å². The van der Waals surface area contributed by atoms with Gasteiger partial charge in [0.2, 0.25) is 0 Å². The minimum Gasteiger partial charge on any atom is -0.493 e. The fraction of sp³-hybridized carbons (Fsp3) is 0.417. The van der Waals surface area contributed by atoms with Gasteiger partial charge in [0.1, 0.15) is 5.75 Å². The van der Waals surface area contributed by atoms with Crippen LogP contribution in [-0.4, -0.2) is 59.6 Å². The third-order valence-electron chi connectivity index (χ3n) is 5.74. The van der Waals surface area contributed by atoms with Gasteiger partial charge in [0.25, 0.3) is 0 Å². The molecule has 0 N–H and O–H groups in total. The van der Waals surface area contributed by atoms with Gasteiger partial charge in [-0.25, -0.2) is 9.97 Å².